The van der Waals surface area contributed by atoms with Gasteiger partial charge in [0.2, 0.25) is 5.91 Å². The molecule has 0 radical (unpaired) electrons. The monoisotopic (exact) mass is 364 g/mol. The standard InChI is InChI=1S/C18H21ClN2O2S/c1-12-4-3-7-21(10-12)18(23)11-24-16-9-17(22)20(2)15-8-13(19)5-6-14(15)16/h5-6,8-9,12H,3-4,7,10-11H2,1-2H3. The van der Waals surface area contributed by atoms with E-state index in [4.69, 9.17) is 11.6 Å². The number of thioether (sulfide) groups is 1. The van der Waals surface area contributed by atoms with Crippen LogP contribution in [0.1, 0.15) is 19.8 Å². The Balaban J connectivity index is 1.81. The van der Waals surface area contributed by atoms with Gasteiger partial charge in [-0.05, 0) is 30.9 Å². The van der Waals surface area contributed by atoms with Crippen molar-refractivity contribution in [1.82, 2.24) is 9.47 Å². The Morgan fingerprint density at radius 1 is 1.38 bits per heavy atom. The van der Waals surface area contributed by atoms with Crippen LogP contribution in [0.15, 0.2) is 34.0 Å². The zero-order valence-corrected chi connectivity index (χ0v) is 15.5. The molecule has 1 saturated heterocycles. The van der Waals surface area contributed by atoms with Crippen molar-refractivity contribution in [2.45, 2.75) is 24.7 Å². The first kappa shape index (κ1) is 17.4. The summed E-state index contributed by atoms with van der Waals surface area (Å²) in [5, 5.41) is 1.55. The third-order valence-corrected chi connectivity index (χ3v) is 5.81. The van der Waals surface area contributed by atoms with Crippen molar-refractivity contribution in [3.63, 3.8) is 0 Å². The van der Waals surface area contributed by atoms with E-state index in [-0.39, 0.29) is 11.5 Å². The third kappa shape index (κ3) is 3.62. The molecule has 2 heterocycles. The summed E-state index contributed by atoms with van der Waals surface area (Å²) in [7, 11) is 1.73. The van der Waals surface area contributed by atoms with E-state index < -0.39 is 0 Å². The van der Waals surface area contributed by atoms with Crippen LogP contribution in [0.4, 0.5) is 0 Å². The maximum absolute atomic E-state index is 12.5. The number of halogens is 1. The van der Waals surface area contributed by atoms with Crippen molar-refractivity contribution in [2.75, 3.05) is 18.8 Å². The fourth-order valence-corrected chi connectivity index (χ4v) is 4.30. The number of carbonyl (C=O) groups is 1. The number of amides is 1. The lowest BCUT2D eigenvalue weighted by atomic mass is 10.0. The van der Waals surface area contributed by atoms with Gasteiger partial charge in [0.05, 0.1) is 11.3 Å². The van der Waals surface area contributed by atoms with Crippen LogP contribution < -0.4 is 5.56 Å². The molecule has 1 aliphatic heterocycles. The van der Waals surface area contributed by atoms with Crippen LogP contribution in [-0.4, -0.2) is 34.2 Å². The summed E-state index contributed by atoms with van der Waals surface area (Å²) in [6.45, 7) is 3.87. The molecule has 2 aromatic rings. The molecule has 1 unspecified atom stereocenters. The summed E-state index contributed by atoms with van der Waals surface area (Å²) in [5.41, 5.74) is 0.697. The van der Waals surface area contributed by atoms with Gasteiger partial charge in [0.25, 0.3) is 5.56 Å². The number of aryl methyl sites for hydroxylation is 1. The molecule has 128 valence electrons. The molecule has 1 aromatic heterocycles. The minimum atomic E-state index is -0.0914. The fourth-order valence-electron chi connectivity index (χ4n) is 3.16. The molecule has 0 aliphatic carbocycles. The van der Waals surface area contributed by atoms with E-state index in [0.29, 0.717) is 16.7 Å². The number of hydrogen-bond acceptors (Lipinski definition) is 3. The summed E-state index contributed by atoms with van der Waals surface area (Å²) in [5.74, 6) is 1.08. The lowest BCUT2D eigenvalue weighted by molar-refractivity contribution is -0.130. The Kier molecular flexibility index (Phi) is 5.21. The van der Waals surface area contributed by atoms with Crippen LogP contribution in [0.3, 0.4) is 0 Å². The van der Waals surface area contributed by atoms with Crippen LogP contribution in [-0.2, 0) is 11.8 Å². The Morgan fingerprint density at radius 2 is 2.17 bits per heavy atom. The third-order valence-electron chi connectivity index (χ3n) is 4.53. The first-order valence-corrected chi connectivity index (χ1v) is 9.52. The Labute approximate surface area is 150 Å². The normalized spacial score (nSPS) is 18.1. The second-order valence-electron chi connectivity index (χ2n) is 6.44. The first-order valence-electron chi connectivity index (χ1n) is 8.15. The second-order valence-corrected chi connectivity index (χ2v) is 7.90. The van der Waals surface area contributed by atoms with E-state index in [2.05, 4.69) is 6.92 Å². The lowest BCUT2D eigenvalue weighted by Crippen LogP contribution is -2.40. The molecular weight excluding hydrogens is 344 g/mol. The first-order chi connectivity index (χ1) is 11.5. The molecule has 0 N–H and O–H groups in total. The van der Waals surface area contributed by atoms with E-state index in [1.807, 2.05) is 17.0 Å². The Morgan fingerprint density at radius 3 is 2.92 bits per heavy atom. The highest BCUT2D eigenvalue weighted by Gasteiger charge is 2.21. The quantitative estimate of drug-likeness (QED) is 0.782. The maximum Gasteiger partial charge on any atom is 0.251 e. The van der Waals surface area contributed by atoms with Crippen molar-refractivity contribution in [1.29, 1.82) is 0 Å². The van der Waals surface area contributed by atoms with Gasteiger partial charge < -0.3 is 9.47 Å². The fraction of sp³-hybridized carbons (Fsp3) is 0.444. The molecular formula is C18H21ClN2O2S. The highest BCUT2D eigenvalue weighted by Crippen LogP contribution is 2.28. The minimum absolute atomic E-state index is 0.0914. The number of aromatic nitrogens is 1. The van der Waals surface area contributed by atoms with Crippen molar-refractivity contribution in [2.24, 2.45) is 13.0 Å². The molecule has 3 rings (SSSR count). The van der Waals surface area contributed by atoms with Crippen LogP contribution in [0.2, 0.25) is 5.02 Å². The van der Waals surface area contributed by atoms with Gasteiger partial charge in [-0.15, -0.1) is 11.8 Å². The van der Waals surface area contributed by atoms with Crippen LogP contribution >= 0.6 is 23.4 Å². The van der Waals surface area contributed by atoms with Gasteiger partial charge in [-0.25, -0.2) is 0 Å². The highest BCUT2D eigenvalue weighted by molar-refractivity contribution is 8.00. The molecule has 1 fully saturated rings. The number of hydrogen-bond donors (Lipinski definition) is 0. The van der Waals surface area contributed by atoms with E-state index in [0.717, 1.165) is 35.3 Å². The van der Waals surface area contributed by atoms with Crippen molar-refractivity contribution in [3.8, 4) is 0 Å². The number of benzene rings is 1. The molecule has 4 nitrogen and oxygen atoms in total. The van der Waals surface area contributed by atoms with E-state index in [9.17, 15) is 9.59 Å². The summed E-state index contributed by atoms with van der Waals surface area (Å²) in [6, 6.07) is 7.11. The predicted molar refractivity (Wildman–Crippen MR) is 99.9 cm³/mol. The molecule has 1 aliphatic rings. The number of piperidine rings is 1. The molecule has 0 spiro atoms. The maximum atomic E-state index is 12.5. The van der Waals surface area contributed by atoms with Crippen LogP contribution in [0.5, 0.6) is 0 Å². The average molecular weight is 365 g/mol. The number of pyridine rings is 1. The lowest BCUT2D eigenvalue weighted by Gasteiger charge is -2.30. The van der Waals surface area contributed by atoms with Gasteiger partial charge in [0.15, 0.2) is 0 Å². The summed E-state index contributed by atoms with van der Waals surface area (Å²) >= 11 is 7.49. The van der Waals surface area contributed by atoms with Crippen molar-refractivity contribution >= 4 is 40.2 Å². The molecule has 0 bridgehead atoms. The van der Waals surface area contributed by atoms with Gasteiger partial charge in [-0.1, -0.05) is 24.6 Å². The smallest absolute Gasteiger partial charge is 0.251 e. The zero-order chi connectivity index (χ0) is 17.3. The molecule has 24 heavy (non-hydrogen) atoms. The minimum Gasteiger partial charge on any atom is -0.342 e. The average Bonchev–Trinajstić information content (AvgIpc) is 2.56. The molecule has 1 amide bonds. The Hall–Kier alpha value is -1.46. The van der Waals surface area contributed by atoms with Gasteiger partial charge >= 0.3 is 0 Å². The molecule has 1 aromatic carbocycles. The van der Waals surface area contributed by atoms with Gasteiger partial charge in [-0.2, -0.15) is 0 Å². The highest BCUT2D eigenvalue weighted by atomic mass is 35.5. The summed E-state index contributed by atoms with van der Waals surface area (Å²) in [4.78, 5) is 27.4. The SMILES string of the molecule is CC1CCCN(C(=O)CSc2cc(=O)n(C)c3cc(Cl)ccc23)C1. The number of rotatable bonds is 3. The van der Waals surface area contributed by atoms with Crippen molar-refractivity contribution in [3.05, 3.63) is 39.6 Å². The number of nitrogens with zero attached hydrogens (tertiary/aromatic N) is 2. The largest absolute Gasteiger partial charge is 0.342 e. The number of carbonyl (C=O) groups excluding carboxylic acids is 1. The van der Waals surface area contributed by atoms with E-state index in [1.165, 1.54) is 18.2 Å². The van der Waals surface area contributed by atoms with Gasteiger partial charge in [0.1, 0.15) is 0 Å². The Bertz CT molecular complexity index is 834. The van der Waals surface area contributed by atoms with Crippen LogP contribution in [0, 0.1) is 5.92 Å². The number of fused-ring (bicyclic) bond motifs is 1. The van der Waals surface area contributed by atoms with Crippen LogP contribution in [0.25, 0.3) is 10.9 Å². The van der Waals surface area contributed by atoms with Crippen molar-refractivity contribution < 1.29 is 4.79 Å². The number of likely N-dealkylation sites (tertiary alicyclic amines) is 1. The molecule has 6 heteroatoms. The molecule has 1 atom stereocenters. The van der Waals surface area contributed by atoms with E-state index in [1.54, 1.807) is 23.7 Å². The topological polar surface area (TPSA) is 42.3 Å². The second kappa shape index (κ2) is 7.19. The predicted octanol–water partition coefficient (Wildman–Crippen LogP) is 3.54. The summed E-state index contributed by atoms with van der Waals surface area (Å²) in [6.07, 6.45) is 2.27. The molecule has 0 saturated carbocycles. The van der Waals surface area contributed by atoms with Gasteiger partial charge in [0, 0.05) is 41.5 Å². The summed E-state index contributed by atoms with van der Waals surface area (Å²) < 4.78 is 1.58. The zero-order valence-electron chi connectivity index (χ0n) is 13.9. The van der Waals surface area contributed by atoms with Gasteiger partial charge in [-0.3, -0.25) is 9.59 Å². The van der Waals surface area contributed by atoms with E-state index >= 15 is 0 Å².